The number of nitrogens with zero attached hydrogens (tertiary/aromatic N) is 2. The van der Waals surface area contributed by atoms with Crippen LogP contribution >= 0.6 is 0 Å². The van der Waals surface area contributed by atoms with E-state index < -0.39 is 17.7 Å². The van der Waals surface area contributed by atoms with Gasteiger partial charge in [-0.25, -0.2) is 0 Å². The SMILES string of the molecule is CCCCCOc1ccc(/C(O)=C2\C(=O)C(=O)N(c3cccc(OCC)c3)C2c2ccc(N(C)C)cc2)cc1. The predicted molar refractivity (Wildman–Crippen MR) is 155 cm³/mol. The largest absolute Gasteiger partial charge is 0.507 e. The molecule has 3 aromatic rings. The second-order valence-corrected chi connectivity index (χ2v) is 9.67. The topological polar surface area (TPSA) is 79.3 Å². The highest BCUT2D eigenvalue weighted by Crippen LogP contribution is 2.43. The number of benzene rings is 3. The Balaban J connectivity index is 1.77. The van der Waals surface area contributed by atoms with E-state index in [2.05, 4.69) is 6.92 Å². The van der Waals surface area contributed by atoms with Crippen molar-refractivity contribution in [1.82, 2.24) is 0 Å². The number of ketones is 1. The molecule has 0 bridgehead atoms. The first-order chi connectivity index (χ1) is 18.8. The monoisotopic (exact) mass is 528 g/mol. The van der Waals surface area contributed by atoms with Crippen molar-refractivity contribution in [3.05, 3.63) is 89.5 Å². The van der Waals surface area contributed by atoms with Crippen LogP contribution in [0.3, 0.4) is 0 Å². The Morgan fingerprint density at radius 3 is 2.26 bits per heavy atom. The van der Waals surface area contributed by atoms with Crippen LogP contribution in [0.15, 0.2) is 78.4 Å². The lowest BCUT2D eigenvalue weighted by atomic mass is 9.95. The van der Waals surface area contributed by atoms with Crippen molar-refractivity contribution >= 4 is 28.8 Å². The van der Waals surface area contributed by atoms with Gasteiger partial charge < -0.3 is 19.5 Å². The molecule has 1 saturated heterocycles. The Bertz CT molecular complexity index is 1330. The average Bonchev–Trinajstić information content (AvgIpc) is 3.21. The summed E-state index contributed by atoms with van der Waals surface area (Å²) in [6, 6.07) is 20.8. The number of carbonyl (C=O) groups is 2. The number of aliphatic hydroxyl groups excluding tert-OH is 1. The van der Waals surface area contributed by atoms with Gasteiger partial charge in [0.1, 0.15) is 17.3 Å². The first-order valence-electron chi connectivity index (χ1n) is 13.4. The minimum Gasteiger partial charge on any atom is -0.507 e. The molecule has 1 amide bonds. The normalized spacial score (nSPS) is 16.4. The second-order valence-electron chi connectivity index (χ2n) is 9.67. The molecule has 1 fully saturated rings. The molecule has 4 rings (SSSR count). The molecule has 1 unspecified atom stereocenters. The Morgan fingerprint density at radius 2 is 1.62 bits per heavy atom. The first kappa shape index (κ1) is 27.8. The fraction of sp³-hybridized carbons (Fsp3) is 0.312. The van der Waals surface area contributed by atoms with Crippen LogP contribution in [0, 0.1) is 0 Å². The Labute approximate surface area is 230 Å². The van der Waals surface area contributed by atoms with Gasteiger partial charge in [-0.1, -0.05) is 38.0 Å². The molecule has 0 saturated carbocycles. The third-order valence-electron chi connectivity index (χ3n) is 6.72. The number of aliphatic hydroxyl groups is 1. The highest BCUT2D eigenvalue weighted by atomic mass is 16.5. The maximum absolute atomic E-state index is 13.5. The number of carbonyl (C=O) groups excluding carboxylic acids is 2. The summed E-state index contributed by atoms with van der Waals surface area (Å²) in [5.74, 6) is -0.394. The lowest BCUT2D eigenvalue weighted by Crippen LogP contribution is -2.29. The zero-order chi connectivity index (χ0) is 27.9. The van der Waals surface area contributed by atoms with Gasteiger partial charge in [0.25, 0.3) is 11.7 Å². The highest BCUT2D eigenvalue weighted by Gasteiger charge is 2.47. The van der Waals surface area contributed by atoms with Gasteiger partial charge in [0.15, 0.2) is 0 Å². The second kappa shape index (κ2) is 12.5. The van der Waals surface area contributed by atoms with E-state index in [1.54, 1.807) is 48.5 Å². The lowest BCUT2D eigenvalue weighted by molar-refractivity contribution is -0.132. The molecule has 39 heavy (non-hydrogen) atoms. The van der Waals surface area contributed by atoms with Gasteiger partial charge in [0.2, 0.25) is 0 Å². The van der Waals surface area contributed by atoms with Gasteiger partial charge in [-0.05, 0) is 67.4 Å². The Hall–Kier alpha value is -4.26. The smallest absolute Gasteiger partial charge is 0.300 e. The third-order valence-corrected chi connectivity index (χ3v) is 6.72. The molecule has 1 N–H and O–H groups in total. The van der Waals surface area contributed by atoms with E-state index in [1.807, 2.05) is 50.2 Å². The quantitative estimate of drug-likeness (QED) is 0.135. The van der Waals surface area contributed by atoms with E-state index in [4.69, 9.17) is 9.47 Å². The third kappa shape index (κ3) is 6.08. The number of hydrogen-bond donors (Lipinski definition) is 1. The summed E-state index contributed by atoms with van der Waals surface area (Å²) >= 11 is 0. The van der Waals surface area contributed by atoms with Crippen molar-refractivity contribution in [2.45, 2.75) is 39.2 Å². The number of ether oxygens (including phenoxy) is 2. The average molecular weight is 529 g/mol. The molecule has 0 spiro atoms. The van der Waals surface area contributed by atoms with Gasteiger partial charge in [-0.2, -0.15) is 0 Å². The number of unbranched alkanes of at least 4 members (excludes halogenated alkanes) is 2. The van der Waals surface area contributed by atoms with Crippen molar-refractivity contribution in [3.8, 4) is 11.5 Å². The van der Waals surface area contributed by atoms with Gasteiger partial charge in [-0.3, -0.25) is 14.5 Å². The molecular formula is C32H36N2O5. The zero-order valence-electron chi connectivity index (χ0n) is 23.0. The summed E-state index contributed by atoms with van der Waals surface area (Å²) in [5.41, 5.74) is 2.67. The van der Waals surface area contributed by atoms with Crippen LogP contribution in [-0.2, 0) is 9.59 Å². The van der Waals surface area contributed by atoms with Crippen LogP contribution < -0.4 is 19.3 Å². The zero-order valence-corrected chi connectivity index (χ0v) is 23.0. The number of anilines is 2. The maximum Gasteiger partial charge on any atom is 0.300 e. The van der Waals surface area contributed by atoms with Crippen molar-refractivity contribution in [1.29, 1.82) is 0 Å². The van der Waals surface area contributed by atoms with Crippen LogP contribution in [0.25, 0.3) is 5.76 Å². The molecule has 0 aliphatic carbocycles. The Kier molecular flexibility index (Phi) is 8.92. The fourth-order valence-corrected chi connectivity index (χ4v) is 4.67. The van der Waals surface area contributed by atoms with Crippen molar-refractivity contribution in [2.75, 3.05) is 37.1 Å². The Morgan fingerprint density at radius 1 is 0.897 bits per heavy atom. The summed E-state index contributed by atoms with van der Waals surface area (Å²) in [6.07, 6.45) is 3.18. The van der Waals surface area contributed by atoms with Gasteiger partial charge in [-0.15, -0.1) is 0 Å². The minimum atomic E-state index is -0.817. The highest BCUT2D eigenvalue weighted by molar-refractivity contribution is 6.51. The minimum absolute atomic E-state index is 0.0380. The standard InChI is InChI=1S/C32H36N2O5/c1-5-7-8-20-39-26-18-14-23(15-19-26)30(35)28-29(22-12-16-24(17-13-22)33(3)4)34(32(37)31(28)36)25-10-9-11-27(21-25)38-6-2/h9-19,21,29,35H,5-8,20H2,1-4H3/b30-28+. The van der Waals surface area contributed by atoms with Crippen LogP contribution in [0.1, 0.15) is 50.3 Å². The molecule has 204 valence electrons. The van der Waals surface area contributed by atoms with E-state index in [0.717, 1.165) is 24.9 Å². The van der Waals surface area contributed by atoms with E-state index in [1.165, 1.54) is 4.90 Å². The van der Waals surface area contributed by atoms with E-state index in [0.29, 0.717) is 41.5 Å². The summed E-state index contributed by atoms with van der Waals surface area (Å²) in [5, 5.41) is 11.4. The molecule has 7 nitrogen and oxygen atoms in total. The van der Waals surface area contributed by atoms with Crippen LogP contribution in [0.2, 0.25) is 0 Å². The number of hydrogen-bond acceptors (Lipinski definition) is 6. The van der Waals surface area contributed by atoms with Gasteiger partial charge >= 0.3 is 0 Å². The molecule has 1 atom stereocenters. The van der Waals surface area contributed by atoms with Crippen LogP contribution in [-0.4, -0.2) is 44.1 Å². The van der Waals surface area contributed by atoms with Crippen molar-refractivity contribution in [3.63, 3.8) is 0 Å². The maximum atomic E-state index is 13.5. The molecule has 1 aliphatic heterocycles. The number of rotatable bonds is 11. The van der Waals surface area contributed by atoms with E-state index in [-0.39, 0.29) is 11.3 Å². The summed E-state index contributed by atoms with van der Waals surface area (Å²) < 4.78 is 11.4. The van der Waals surface area contributed by atoms with E-state index >= 15 is 0 Å². The van der Waals surface area contributed by atoms with Gasteiger partial charge in [0, 0.05) is 37.1 Å². The predicted octanol–water partition coefficient (Wildman–Crippen LogP) is 6.35. The van der Waals surface area contributed by atoms with Crippen molar-refractivity contribution < 1.29 is 24.2 Å². The molecule has 7 heteroatoms. The molecular weight excluding hydrogens is 492 g/mol. The first-order valence-corrected chi connectivity index (χ1v) is 13.4. The van der Waals surface area contributed by atoms with Gasteiger partial charge in [0.05, 0.1) is 24.8 Å². The molecule has 1 aliphatic rings. The fourth-order valence-electron chi connectivity index (χ4n) is 4.67. The molecule has 0 radical (unpaired) electrons. The molecule has 0 aromatic heterocycles. The number of amides is 1. The summed E-state index contributed by atoms with van der Waals surface area (Å²) in [6.45, 7) is 5.11. The van der Waals surface area contributed by atoms with Crippen molar-refractivity contribution in [2.24, 2.45) is 0 Å². The van der Waals surface area contributed by atoms with Crippen LogP contribution in [0.4, 0.5) is 11.4 Å². The van der Waals surface area contributed by atoms with E-state index in [9.17, 15) is 14.7 Å². The molecule has 3 aromatic carbocycles. The number of Topliss-reactive ketones (excluding diaryl/α,β-unsaturated/α-hetero) is 1. The molecule has 1 heterocycles. The summed E-state index contributed by atoms with van der Waals surface area (Å²) in [7, 11) is 3.88. The lowest BCUT2D eigenvalue weighted by Gasteiger charge is -2.26. The summed E-state index contributed by atoms with van der Waals surface area (Å²) in [4.78, 5) is 30.3. The van der Waals surface area contributed by atoms with Crippen LogP contribution in [0.5, 0.6) is 11.5 Å².